The first-order valence-electron chi connectivity index (χ1n) is 8.17. The van der Waals surface area contributed by atoms with Crippen molar-refractivity contribution in [1.82, 2.24) is 4.90 Å². The van der Waals surface area contributed by atoms with E-state index in [0.29, 0.717) is 4.90 Å². The molecule has 1 aliphatic rings. The van der Waals surface area contributed by atoms with Crippen molar-refractivity contribution in [3.63, 3.8) is 0 Å². The average Bonchev–Trinajstić information content (AvgIpc) is 2.34. The SMILES string of the molecule is CC(C)(C)OC(=O)[C@@H]1CC[C@@H](OS(C)(=O)=O)C(=O)N1C(=O)OC(C)(C)C. The Balaban J connectivity index is 3.15. The standard InChI is InChI=1S/C16H27NO8S/c1-15(2,3)23-13(19)10-8-9-11(25-26(7,21)22)12(18)17(10)14(20)24-16(4,5)6/h10-11H,8-9H2,1-7H3/t10-,11+/m0/s1. The Hall–Kier alpha value is -1.68. The molecule has 1 rings (SSSR count). The molecule has 2 amide bonds. The second kappa shape index (κ2) is 7.51. The Labute approximate surface area is 154 Å². The van der Waals surface area contributed by atoms with Crippen LogP contribution in [0.25, 0.3) is 0 Å². The zero-order valence-corrected chi connectivity index (χ0v) is 17.0. The monoisotopic (exact) mass is 393 g/mol. The number of piperidine rings is 1. The fourth-order valence-electron chi connectivity index (χ4n) is 2.29. The van der Waals surface area contributed by atoms with Gasteiger partial charge in [-0.15, -0.1) is 0 Å². The number of rotatable bonds is 3. The number of nitrogens with zero attached hydrogens (tertiary/aromatic N) is 1. The number of imide groups is 1. The van der Waals surface area contributed by atoms with Crippen LogP contribution in [0.4, 0.5) is 4.79 Å². The molecule has 1 aliphatic heterocycles. The van der Waals surface area contributed by atoms with Gasteiger partial charge in [0.05, 0.1) is 6.26 Å². The summed E-state index contributed by atoms with van der Waals surface area (Å²) in [6, 6.07) is -1.21. The fourth-order valence-corrected chi connectivity index (χ4v) is 2.89. The van der Waals surface area contributed by atoms with E-state index in [-0.39, 0.29) is 12.8 Å². The third kappa shape index (κ3) is 6.91. The van der Waals surface area contributed by atoms with Crippen molar-refractivity contribution in [2.45, 2.75) is 77.7 Å². The van der Waals surface area contributed by atoms with Crippen LogP contribution in [0.5, 0.6) is 0 Å². The molecule has 0 aromatic heterocycles. The lowest BCUT2D eigenvalue weighted by Crippen LogP contribution is -2.58. The van der Waals surface area contributed by atoms with Gasteiger partial charge < -0.3 is 9.47 Å². The van der Waals surface area contributed by atoms with Crippen molar-refractivity contribution in [3.05, 3.63) is 0 Å². The molecule has 2 atom stereocenters. The van der Waals surface area contributed by atoms with Crippen LogP contribution in [0.2, 0.25) is 0 Å². The van der Waals surface area contributed by atoms with Gasteiger partial charge in [0, 0.05) is 0 Å². The molecule has 0 N–H and O–H groups in total. The molecule has 1 saturated heterocycles. The Kier molecular flexibility index (Phi) is 6.46. The first kappa shape index (κ1) is 22.4. The number of carbonyl (C=O) groups excluding carboxylic acids is 3. The van der Waals surface area contributed by atoms with Crippen molar-refractivity contribution in [1.29, 1.82) is 0 Å². The molecule has 0 bridgehead atoms. The molecular weight excluding hydrogens is 366 g/mol. The van der Waals surface area contributed by atoms with Crippen LogP contribution in [0.1, 0.15) is 54.4 Å². The summed E-state index contributed by atoms with van der Waals surface area (Å²) in [5, 5.41) is 0. The first-order valence-corrected chi connectivity index (χ1v) is 9.99. The van der Waals surface area contributed by atoms with Crippen LogP contribution in [-0.4, -0.2) is 60.9 Å². The van der Waals surface area contributed by atoms with E-state index in [0.717, 1.165) is 6.26 Å². The number of ether oxygens (including phenoxy) is 2. The van der Waals surface area contributed by atoms with E-state index in [4.69, 9.17) is 13.7 Å². The van der Waals surface area contributed by atoms with E-state index in [1.807, 2.05) is 0 Å². The molecule has 150 valence electrons. The van der Waals surface area contributed by atoms with Crippen LogP contribution >= 0.6 is 0 Å². The molecule has 0 unspecified atom stereocenters. The molecule has 0 aliphatic carbocycles. The molecule has 0 spiro atoms. The van der Waals surface area contributed by atoms with Crippen LogP contribution in [0, 0.1) is 0 Å². The van der Waals surface area contributed by atoms with Crippen LogP contribution in [0.15, 0.2) is 0 Å². The highest BCUT2D eigenvalue weighted by atomic mass is 32.2. The van der Waals surface area contributed by atoms with Gasteiger partial charge in [0.1, 0.15) is 17.2 Å². The lowest BCUT2D eigenvalue weighted by Gasteiger charge is -2.37. The van der Waals surface area contributed by atoms with Crippen molar-refractivity contribution in [3.8, 4) is 0 Å². The van der Waals surface area contributed by atoms with Crippen molar-refractivity contribution in [2.75, 3.05) is 6.26 Å². The lowest BCUT2D eigenvalue weighted by molar-refractivity contribution is -0.168. The summed E-state index contributed by atoms with van der Waals surface area (Å²) in [7, 11) is -3.92. The molecule has 0 aromatic rings. The van der Waals surface area contributed by atoms with Gasteiger partial charge in [-0.05, 0) is 54.4 Å². The maximum Gasteiger partial charge on any atom is 0.417 e. The summed E-state index contributed by atoms with van der Waals surface area (Å²) in [5.74, 6) is -1.72. The summed E-state index contributed by atoms with van der Waals surface area (Å²) < 4.78 is 37.9. The second-order valence-corrected chi connectivity index (χ2v) is 9.70. The molecule has 0 saturated carbocycles. The molecule has 26 heavy (non-hydrogen) atoms. The second-order valence-electron chi connectivity index (χ2n) is 8.10. The van der Waals surface area contributed by atoms with Gasteiger partial charge in [0.2, 0.25) is 0 Å². The molecule has 9 nitrogen and oxygen atoms in total. The van der Waals surface area contributed by atoms with E-state index in [1.54, 1.807) is 41.5 Å². The quantitative estimate of drug-likeness (QED) is 0.524. The van der Waals surface area contributed by atoms with Gasteiger partial charge in [-0.2, -0.15) is 8.42 Å². The normalized spacial score (nSPS) is 22.1. The van der Waals surface area contributed by atoms with Crippen LogP contribution in [0.3, 0.4) is 0 Å². The highest BCUT2D eigenvalue weighted by molar-refractivity contribution is 7.86. The fraction of sp³-hybridized carbons (Fsp3) is 0.812. The number of esters is 1. The van der Waals surface area contributed by atoms with Gasteiger partial charge in [0.25, 0.3) is 16.0 Å². The highest BCUT2D eigenvalue weighted by Crippen LogP contribution is 2.26. The lowest BCUT2D eigenvalue weighted by atomic mass is 9.99. The third-order valence-electron chi connectivity index (χ3n) is 3.09. The smallest absolute Gasteiger partial charge is 0.417 e. The minimum atomic E-state index is -3.92. The van der Waals surface area contributed by atoms with E-state index < -0.39 is 51.4 Å². The van der Waals surface area contributed by atoms with E-state index in [9.17, 15) is 22.8 Å². The van der Waals surface area contributed by atoms with Crippen LogP contribution < -0.4 is 0 Å². The van der Waals surface area contributed by atoms with Crippen molar-refractivity contribution in [2.24, 2.45) is 0 Å². The average molecular weight is 393 g/mol. The molecule has 1 fully saturated rings. The predicted molar refractivity (Wildman–Crippen MR) is 91.7 cm³/mol. The van der Waals surface area contributed by atoms with E-state index >= 15 is 0 Å². The molecular formula is C16H27NO8S. The molecule has 1 heterocycles. The molecule has 0 aromatic carbocycles. The maximum absolute atomic E-state index is 12.6. The zero-order valence-electron chi connectivity index (χ0n) is 16.2. The van der Waals surface area contributed by atoms with Gasteiger partial charge in [-0.1, -0.05) is 0 Å². The van der Waals surface area contributed by atoms with Crippen LogP contribution in [-0.2, 0) is 33.4 Å². The summed E-state index contributed by atoms with van der Waals surface area (Å²) in [5.41, 5.74) is -1.74. The summed E-state index contributed by atoms with van der Waals surface area (Å²) in [4.78, 5) is 38.2. The van der Waals surface area contributed by atoms with Gasteiger partial charge in [0.15, 0.2) is 6.10 Å². The number of carbonyl (C=O) groups is 3. The van der Waals surface area contributed by atoms with E-state index in [2.05, 4.69) is 0 Å². The van der Waals surface area contributed by atoms with Crippen molar-refractivity contribution >= 4 is 28.1 Å². The Morgan fingerprint density at radius 1 is 1.00 bits per heavy atom. The number of amides is 2. The summed E-state index contributed by atoms with van der Waals surface area (Å²) in [6.07, 6.45) is -1.69. The number of hydrogen-bond acceptors (Lipinski definition) is 8. The minimum absolute atomic E-state index is 0.0000822. The van der Waals surface area contributed by atoms with Gasteiger partial charge in [-0.3, -0.25) is 8.98 Å². The Morgan fingerprint density at radius 3 is 1.92 bits per heavy atom. The Bertz CT molecular complexity index is 671. The summed E-state index contributed by atoms with van der Waals surface area (Å²) in [6.45, 7) is 9.78. The minimum Gasteiger partial charge on any atom is -0.458 e. The number of likely N-dealkylation sites (tertiary alicyclic amines) is 1. The van der Waals surface area contributed by atoms with Gasteiger partial charge in [-0.25, -0.2) is 14.5 Å². The molecule has 0 radical (unpaired) electrons. The Morgan fingerprint density at radius 2 is 1.50 bits per heavy atom. The molecule has 10 heteroatoms. The third-order valence-corrected chi connectivity index (χ3v) is 3.67. The van der Waals surface area contributed by atoms with E-state index in [1.165, 1.54) is 0 Å². The van der Waals surface area contributed by atoms with Crippen molar-refractivity contribution < 1.29 is 36.5 Å². The summed E-state index contributed by atoms with van der Waals surface area (Å²) >= 11 is 0. The number of hydrogen-bond donors (Lipinski definition) is 0. The highest BCUT2D eigenvalue weighted by Gasteiger charge is 2.47. The topological polar surface area (TPSA) is 116 Å². The van der Waals surface area contributed by atoms with Gasteiger partial charge >= 0.3 is 12.1 Å². The first-order chi connectivity index (χ1) is 11.5. The predicted octanol–water partition coefficient (Wildman–Crippen LogP) is 1.60. The largest absolute Gasteiger partial charge is 0.458 e. The maximum atomic E-state index is 12.6. The zero-order chi connectivity index (χ0) is 20.5.